The van der Waals surface area contributed by atoms with Gasteiger partial charge in [-0.25, -0.2) is 0 Å². The second-order valence-electron chi connectivity index (χ2n) is 8.07. The van der Waals surface area contributed by atoms with Crippen molar-refractivity contribution in [2.24, 2.45) is 0 Å². The quantitative estimate of drug-likeness (QED) is 0.789. The van der Waals surface area contributed by atoms with Crippen molar-refractivity contribution in [2.45, 2.75) is 106 Å². The minimum atomic E-state index is -0.719. The van der Waals surface area contributed by atoms with Gasteiger partial charge in [-0.1, -0.05) is 12.8 Å². The molecule has 0 aromatic carbocycles. The molecule has 1 N–H and O–H groups in total. The fraction of sp³-hybridized carbons (Fsp3) is 1.00. The van der Waals surface area contributed by atoms with Crippen molar-refractivity contribution in [1.82, 2.24) is 0 Å². The summed E-state index contributed by atoms with van der Waals surface area (Å²) in [5.74, 6) is -0.979. The van der Waals surface area contributed by atoms with E-state index in [1.165, 1.54) is 12.8 Å². The Morgan fingerprint density at radius 3 is 2.04 bits per heavy atom. The predicted molar refractivity (Wildman–Crippen MR) is 83.1 cm³/mol. The molecule has 2 spiro atoms. The first kappa shape index (κ1) is 16.0. The number of rotatable bonds is 1. The first-order valence-corrected chi connectivity index (χ1v) is 9.70. The van der Waals surface area contributed by atoms with E-state index >= 15 is 0 Å². The molecule has 0 aromatic rings. The number of hydrogen-bond donors (Lipinski definition) is 1. The van der Waals surface area contributed by atoms with Crippen LogP contribution in [0.1, 0.15) is 64.2 Å². The van der Waals surface area contributed by atoms with Crippen LogP contribution in [-0.4, -0.2) is 54.0 Å². The van der Waals surface area contributed by atoms with Gasteiger partial charge in [0.2, 0.25) is 0 Å². The molecule has 6 heteroatoms. The van der Waals surface area contributed by atoms with Gasteiger partial charge in [0.15, 0.2) is 17.9 Å². The smallest absolute Gasteiger partial charge is 0.190 e. The van der Waals surface area contributed by atoms with Crippen LogP contribution in [0.2, 0.25) is 0 Å². The molecule has 5 atom stereocenters. The Hall–Kier alpha value is -0.240. The average Bonchev–Trinajstić information content (AvgIpc) is 3.23. The Labute approximate surface area is 142 Å². The summed E-state index contributed by atoms with van der Waals surface area (Å²) in [6, 6.07) is 0. The lowest BCUT2D eigenvalue weighted by Gasteiger charge is -2.34. The third-order valence-corrected chi connectivity index (χ3v) is 6.39. The molecule has 5 fully saturated rings. The molecule has 3 heterocycles. The van der Waals surface area contributed by atoms with Crippen molar-refractivity contribution in [2.75, 3.05) is 6.61 Å². The van der Waals surface area contributed by atoms with Gasteiger partial charge in [0.25, 0.3) is 0 Å². The molecule has 3 saturated heterocycles. The molecular weight excluding hydrogens is 312 g/mol. The summed E-state index contributed by atoms with van der Waals surface area (Å²) in [5.41, 5.74) is 0. The highest BCUT2D eigenvalue weighted by molar-refractivity contribution is 5.00. The summed E-state index contributed by atoms with van der Waals surface area (Å²) in [4.78, 5) is 0. The standard InChI is InChI=1S/C18H28O6/c19-13-14(12-11-20-17(22-12)7-3-1-4-8-17)21-16-15(13)23-18(24-16)9-5-2-6-10-18/h12-16,19H,1-11H2/t12-,13-,14-,15+,16-/m0/s1. The van der Waals surface area contributed by atoms with E-state index in [0.717, 1.165) is 51.4 Å². The average molecular weight is 340 g/mol. The first-order valence-electron chi connectivity index (χ1n) is 9.70. The van der Waals surface area contributed by atoms with E-state index in [4.69, 9.17) is 23.7 Å². The molecule has 0 radical (unpaired) electrons. The van der Waals surface area contributed by atoms with Gasteiger partial charge in [-0.3, -0.25) is 0 Å². The zero-order valence-electron chi connectivity index (χ0n) is 14.2. The van der Waals surface area contributed by atoms with Crippen LogP contribution in [0.15, 0.2) is 0 Å². The molecule has 0 bridgehead atoms. The van der Waals surface area contributed by atoms with E-state index in [-0.39, 0.29) is 6.10 Å². The number of fused-ring (bicyclic) bond motifs is 1. The molecule has 0 aromatic heterocycles. The molecular formula is C18H28O6. The maximum Gasteiger partial charge on any atom is 0.190 e. The molecule has 0 unspecified atom stereocenters. The fourth-order valence-corrected chi connectivity index (χ4v) is 5.09. The van der Waals surface area contributed by atoms with Crippen molar-refractivity contribution in [3.05, 3.63) is 0 Å². The maximum absolute atomic E-state index is 10.8. The number of hydrogen-bond acceptors (Lipinski definition) is 6. The highest BCUT2D eigenvalue weighted by atomic mass is 16.8. The molecule has 136 valence electrons. The van der Waals surface area contributed by atoms with Crippen LogP contribution < -0.4 is 0 Å². The minimum absolute atomic E-state index is 0.238. The van der Waals surface area contributed by atoms with Gasteiger partial charge >= 0.3 is 0 Å². The van der Waals surface area contributed by atoms with E-state index in [0.29, 0.717) is 6.61 Å². The van der Waals surface area contributed by atoms with E-state index in [1.807, 2.05) is 0 Å². The second kappa shape index (κ2) is 5.89. The molecule has 5 rings (SSSR count). The third kappa shape index (κ3) is 2.54. The second-order valence-corrected chi connectivity index (χ2v) is 8.07. The van der Waals surface area contributed by atoms with E-state index < -0.39 is 36.2 Å². The summed E-state index contributed by atoms with van der Waals surface area (Å²) < 4.78 is 30.5. The maximum atomic E-state index is 10.8. The highest BCUT2D eigenvalue weighted by Gasteiger charge is 2.60. The Kier molecular flexibility index (Phi) is 3.92. The van der Waals surface area contributed by atoms with Crippen LogP contribution >= 0.6 is 0 Å². The summed E-state index contributed by atoms with van der Waals surface area (Å²) in [5, 5.41) is 10.8. The van der Waals surface area contributed by atoms with E-state index in [9.17, 15) is 5.11 Å². The Bertz CT molecular complexity index is 470. The fourth-order valence-electron chi connectivity index (χ4n) is 5.09. The Balaban J connectivity index is 1.24. The van der Waals surface area contributed by atoms with Gasteiger partial charge in [-0.05, 0) is 25.7 Å². The van der Waals surface area contributed by atoms with Gasteiger partial charge in [0, 0.05) is 25.7 Å². The van der Waals surface area contributed by atoms with Crippen molar-refractivity contribution in [3.63, 3.8) is 0 Å². The lowest BCUT2D eigenvalue weighted by molar-refractivity contribution is -0.259. The minimum Gasteiger partial charge on any atom is -0.387 e. The zero-order chi connectivity index (χ0) is 16.2. The van der Waals surface area contributed by atoms with Crippen LogP contribution in [0, 0.1) is 0 Å². The van der Waals surface area contributed by atoms with Gasteiger partial charge in [-0.2, -0.15) is 0 Å². The van der Waals surface area contributed by atoms with Gasteiger partial charge in [0.1, 0.15) is 24.4 Å². The number of ether oxygens (including phenoxy) is 5. The van der Waals surface area contributed by atoms with Crippen molar-refractivity contribution >= 4 is 0 Å². The Morgan fingerprint density at radius 1 is 0.708 bits per heavy atom. The number of aliphatic hydroxyl groups excluding tert-OH is 1. The molecule has 3 aliphatic heterocycles. The lowest BCUT2D eigenvalue weighted by atomic mass is 9.94. The molecule has 6 nitrogen and oxygen atoms in total. The summed E-state index contributed by atoms with van der Waals surface area (Å²) >= 11 is 0. The van der Waals surface area contributed by atoms with Crippen molar-refractivity contribution < 1.29 is 28.8 Å². The monoisotopic (exact) mass is 340 g/mol. The zero-order valence-corrected chi connectivity index (χ0v) is 14.2. The summed E-state index contributed by atoms with van der Waals surface area (Å²) in [6.45, 7) is 0.478. The summed E-state index contributed by atoms with van der Waals surface area (Å²) in [6.07, 6.45) is 8.38. The SMILES string of the molecule is O[C@H]1[C@H]([C@@H]2COC3(CCCCC3)O2)O[C@H]2OC3(CCCCC3)O[C@@H]21. The first-order chi connectivity index (χ1) is 11.7. The molecule has 2 aliphatic carbocycles. The third-order valence-electron chi connectivity index (χ3n) is 6.39. The van der Waals surface area contributed by atoms with Crippen LogP contribution in [0.4, 0.5) is 0 Å². The Morgan fingerprint density at radius 2 is 1.38 bits per heavy atom. The normalized spacial score (nSPS) is 46.6. The van der Waals surface area contributed by atoms with Crippen LogP contribution in [0.3, 0.4) is 0 Å². The topological polar surface area (TPSA) is 66.4 Å². The van der Waals surface area contributed by atoms with Gasteiger partial charge in [-0.15, -0.1) is 0 Å². The van der Waals surface area contributed by atoms with Gasteiger partial charge < -0.3 is 28.8 Å². The van der Waals surface area contributed by atoms with Gasteiger partial charge in [0.05, 0.1) is 6.61 Å². The van der Waals surface area contributed by atoms with Crippen LogP contribution in [0.5, 0.6) is 0 Å². The van der Waals surface area contributed by atoms with Crippen molar-refractivity contribution in [1.29, 1.82) is 0 Å². The molecule has 2 saturated carbocycles. The van der Waals surface area contributed by atoms with Crippen LogP contribution in [0.25, 0.3) is 0 Å². The summed E-state index contributed by atoms with van der Waals surface area (Å²) in [7, 11) is 0. The molecule has 24 heavy (non-hydrogen) atoms. The lowest BCUT2D eigenvalue weighted by Crippen LogP contribution is -2.44. The highest BCUT2D eigenvalue weighted by Crippen LogP contribution is 2.47. The number of aliphatic hydroxyl groups is 1. The van der Waals surface area contributed by atoms with E-state index in [1.54, 1.807) is 0 Å². The van der Waals surface area contributed by atoms with Crippen molar-refractivity contribution in [3.8, 4) is 0 Å². The van der Waals surface area contributed by atoms with Crippen LogP contribution in [-0.2, 0) is 23.7 Å². The molecule has 5 aliphatic rings. The largest absolute Gasteiger partial charge is 0.387 e. The molecule has 0 amide bonds. The predicted octanol–water partition coefficient (Wildman–Crippen LogP) is 2.22. The van der Waals surface area contributed by atoms with E-state index in [2.05, 4.69) is 0 Å².